The molecule has 0 spiro atoms. The minimum absolute atomic E-state index is 0.455. The summed E-state index contributed by atoms with van der Waals surface area (Å²) in [5.74, 6) is 0. The van der Waals surface area contributed by atoms with Gasteiger partial charge in [-0.2, -0.15) is 0 Å². The van der Waals surface area contributed by atoms with Gasteiger partial charge in [0.15, 0.2) is 0 Å². The fourth-order valence-electron chi connectivity index (χ4n) is 1.70. The number of rotatable bonds is 5. The maximum Gasteiger partial charge on any atom is 0.209 e. The summed E-state index contributed by atoms with van der Waals surface area (Å²) in [5, 5.41) is 4.46. The lowest BCUT2D eigenvalue weighted by Crippen LogP contribution is -2.41. The molecule has 4 nitrogen and oxygen atoms in total. The molecule has 14 heavy (non-hydrogen) atoms. The fraction of sp³-hybridized carbons (Fsp3) is 0.700. The molecule has 0 aromatic carbocycles. The SMILES string of the molecule is C=CC1CCN(CCN(C)C=O)N1C. The van der Waals surface area contributed by atoms with E-state index >= 15 is 0 Å². The van der Waals surface area contributed by atoms with Crippen molar-refractivity contribution in [3.05, 3.63) is 12.7 Å². The van der Waals surface area contributed by atoms with Crippen LogP contribution in [0.5, 0.6) is 0 Å². The molecule has 0 bridgehead atoms. The molecule has 0 N–H and O–H groups in total. The van der Waals surface area contributed by atoms with E-state index in [2.05, 4.69) is 23.6 Å². The van der Waals surface area contributed by atoms with Crippen LogP contribution in [0.2, 0.25) is 0 Å². The summed E-state index contributed by atoms with van der Waals surface area (Å²) >= 11 is 0. The Bertz CT molecular complexity index is 208. The highest BCUT2D eigenvalue weighted by molar-refractivity contribution is 5.46. The van der Waals surface area contributed by atoms with E-state index in [9.17, 15) is 4.79 Å². The van der Waals surface area contributed by atoms with Crippen LogP contribution in [0, 0.1) is 0 Å². The minimum Gasteiger partial charge on any atom is -0.347 e. The van der Waals surface area contributed by atoms with Crippen LogP contribution in [0.25, 0.3) is 0 Å². The van der Waals surface area contributed by atoms with Crippen LogP contribution in [0.1, 0.15) is 6.42 Å². The molecule has 1 atom stereocenters. The number of hydrogen-bond acceptors (Lipinski definition) is 3. The predicted octanol–water partition coefficient (Wildman–Crippen LogP) is 0.182. The van der Waals surface area contributed by atoms with Gasteiger partial charge in [-0.05, 0) is 6.42 Å². The number of likely N-dealkylation sites (N-methyl/N-ethyl adjacent to an activating group) is 2. The summed E-state index contributed by atoms with van der Waals surface area (Å²) < 4.78 is 0. The highest BCUT2D eigenvalue weighted by Gasteiger charge is 2.25. The second kappa shape index (κ2) is 5.12. The molecular formula is C10H19N3O. The van der Waals surface area contributed by atoms with E-state index in [0.717, 1.165) is 32.5 Å². The second-order valence-corrected chi connectivity index (χ2v) is 3.71. The molecule has 1 amide bonds. The number of nitrogens with zero attached hydrogens (tertiary/aromatic N) is 3. The zero-order valence-corrected chi connectivity index (χ0v) is 9.02. The van der Waals surface area contributed by atoms with Gasteiger partial charge in [0, 0.05) is 39.8 Å². The minimum atomic E-state index is 0.455. The summed E-state index contributed by atoms with van der Waals surface area (Å²) in [6, 6.07) is 0.455. The lowest BCUT2D eigenvalue weighted by atomic mass is 10.2. The van der Waals surface area contributed by atoms with Crippen molar-refractivity contribution in [2.24, 2.45) is 0 Å². The first-order valence-corrected chi connectivity index (χ1v) is 4.95. The summed E-state index contributed by atoms with van der Waals surface area (Å²) in [7, 11) is 3.87. The van der Waals surface area contributed by atoms with E-state index in [-0.39, 0.29) is 0 Å². The van der Waals surface area contributed by atoms with Crippen molar-refractivity contribution in [1.29, 1.82) is 0 Å². The van der Waals surface area contributed by atoms with Gasteiger partial charge in [-0.25, -0.2) is 10.0 Å². The first-order valence-electron chi connectivity index (χ1n) is 4.95. The maximum absolute atomic E-state index is 10.4. The smallest absolute Gasteiger partial charge is 0.209 e. The largest absolute Gasteiger partial charge is 0.347 e. The Morgan fingerprint density at radius 3 is 2.86 bits per heavy atom. The lowest BCUT2D eigenvalue weighted by Gasteiger charge is -2.28. The Balaban J connectivity index is 2.32. The van der Waals surface area contributed by atoms with Gasteiger partial charge in [0.1, 0.15) is 0 Å². The summed E-state index contributed by atoms with van der Waals surface area (Å²) in [6.07, 6.45) is 3.97. The Hall–Kier alpha value is -0.870. The molecule has 1 unspecified atom stereocenters. The fourth-order valence-corrected chi connectivity index (χ4v) is 1.70. The van der Waals surface area contributed by atoms with Gasteiger partial charge < -0.3 is 4.90 Å². The third kappa shape index (κ3) is 2.56. The molecule has 0 aromatic rings. The predicted molar refractivity (Wildman–Crippen MR) is 56.6 cm³/mol. The first-order chi connectivity index (χ1) is 6.69. The van der Waals surface area contributed by atoms with Gasteiger partial charge in [-0.1, -0.05) is 6.08 Å². The second-order valence-electron chi connectivity index (χ2n) is 3.71. The number of hydrogen-bond donors (Lipinski definition) is 0. The monoisotopic (exact) mass is 197 g/mol. The van der Waals surface area contributed by atoms with Crippen molar-refractivity contribution in [2.45, 2.75) is 12.5 Å². The summed E-state index contributed by atoms with van der Waals surface area (Å²) in [5.41, 5.74) is 0. The molecule has 0 aliphatic carbocycles. The summed E-state index contributed by atoms with van der Waals surface area (Å²) in [6.45, 7) is 6.53. The molecule has 1 saturated heterocycles. The van der Waals surface area contributed by atoms with E-state index in [0.29, 0.717) is 6.04 Å². The van der Waals surface area contributed by atoms with Crippen LogP contribution in [0.15, 0.2) is 12.7 Å². The lowest BCUT2D eigenvalue weighted by molar-refractivity contribution is -0.117. The standard InChI is InChI=1S/C10H19N3O/c1-4-10-5-6-13(12(10)3)8-7-11(2)9-14/h4,9-10H,1,5-8H2,2-3H3. The number of hydrazine groups is 1. The Morgan fingerprint density at radius 2 is 2.36 bits per heavy atom. The van der Waals surface area contributed by atoms with Crippen LogP contribution < -0.4 is 0 Å². The first kappa shape index (κ1) is 11.2. The molecule has 1 aliphatic heterocycles. The molecule has 1 rings (SSSR count). The third-order valence-electron chi connectivity index (χ3n) is 2.77. The van der Waals surface area contributed by atoms with Crippen molar-refractivity contribution in [2.75, 3.05) is 33.7 Å². The van der Waals surface area contributed by atoms with E-state index in [1.165, 1.54) is 0 Å². The van der Waals surface area contributed by atoms with Gasteiger partial charge in [0.25, 0.3) is 0 Å². The van der Waals surface area contributed by atoms with Gasteiger partial charge in [0.05, 0.1) is 0 Å². The number of amides is 1. The molecular weight excluding hydrogens is 178 g/mol. The average molecular weight is 197 g/mol. The van der Waals surface area contributed by atoms with Crippen LogP contribution in [0.3, 0.4) is 0 Å². The molecule has 1 aliphatic rings. The van der Waals surface area contributed by atoms with Crippen molar-refractivity contribution in [3.63, 3.8) is 0 Å². The van der Waals surface area contributed by atoms with E-state index in [4.69, 9.17) is 0 Å². The average Bonchev–Trinajstić information content (AvgIpc) is 2.56. The highest BCUT2D eigenvalue weighted by Crippen LogP contribution is 2.16. The molecule has 0 aromatic heterocycles. The van der Waals surface area contributed by atoms with Crippen molar-refractivity contribution in [1.82, 2.24) is 14.9 Å². The Morgan fingerprint density at radius 1 is 1.64 bits per heavy atom. The van der Waals surface area contributed by atoms with Crippen molar-refractivity contribution >= 4 is 6.41 Å². The Labute approximate surface area is 85.7 Å². The molecule has 80 valence electrons. The van der Waals surface area contributed by atoms with Crippen molar-refractivity contribution in [3.8, 4) is 0 Å². The highest BCUT2D eigenvalue weighted by atomic mass is 16.1. The van der Waals surface area contributed by atoms with Crippen LogP contribution in [-0.4, -0.2) is 61.1 Å². The Kier molecular flexibility index (Phi) is 4.10. The number of carbonyl (C=O) groups is 1. The molecule has 1 fully saturated rings. The zero-order chi connectivity index (χ0) is 10.6. The quantitative estimate of drug-likeness (QED) is 0.465. The van der Waals surface area contributed by atoms with Gasteiger partial charge in [0.2, 0.25) is 6.41 Å². The molecule has 0 radical (unpaired) electrons. The molecule has 0 saturated carbocycles. The van der Waals surface area contributed by atoms with E-state index in [1.54, 1.807) is 11.9 Å². The van der Waals surface area contributed by atoms with Gasteiger partial charge >= 0.3 is 0 Å². The van der Waals surface area contributed by atoms with E-state index < -0.39 is 0 Å². The topological polar surface area (TPSA) is 26.8 Å². The normalized spacial score (nSPS) is 23.7. The van der Waals surface area contributed by atoms with Gasteiger partial charge in [-0.15, -0.1) is 6.58 Å². The van der Waals surface area contributed by atoms with Crippen molar-refractivity contribution < 1.29 is 4.79 Å². The maximum atomic E-state index is 10.4. The zero-order valence-electron chi connectivity index (χ0n) is 9.02. The third-order valence-corrected chi connectivity index (χ3v) is 2.77. The summed E-state index contributed by atoms with van der Waals surface area (Å²) in [4.78, 5) is 12.1. The number of carbonyl (C=O) groups excluding carboxylic acids is 1. The van der Waals surface area contributed by atoms with E-state index in [1.807, 2.05) is 6.08 Å². The van der Waals surface area contributed by atoms with Crippen LogP contribution in [0.4, 0.5) is 0 Å². The molecule has 4 heteroatoms. The molecule has 1 heterocycles. The van der Waals surface area contributed by atoms with Gasteiger partial charge in [-0.3, -0.25) is 4.79 Å². The van der Waals surface area contributed by atoms with Crippen LogP contribution in [-0.2, 0) is 4.79 Å². The van der Waals surface area contributed by atoms with Crippen LogP contribution >= 0.6 is 0 Å².